The molecule has 0 bridgehead atoms. The molecule has 1 amide bonds. The van der Waals surface area contributed by atoms with Gasteiger partial charge in [-0.25, -0.2) is 0 Å². The molecule has 0 aromatic heterocycles. The van der Waals surface area contributed by atoms with Gasteiger partial charge >= 0.3 is 6.18 Å². The van der Waals surface area contributed by atoms with Crippen LogP contribution in [0.5, 0.6) is 0 Å². The van der Waals surface area contributed by atoms with E-state index in [1.807, 2.05) is 6.92 Å². The molecule has 0 spiro atoms. The summed E-state index contributed by atoms with van der Waals surface area (Å²) in [6, 6.07) is 5.27. The molecule has 2 unspecified atom stereocenters. The van der Waals surface area contributed by atoms with Gasteiger partial charge in [-0.1, -0.05) is 19.1 Å². The van der Waals surface area contributed by atoms with Crippen LogP contribution >= 0.6 is 0 Å². The topological polar surface area (TPSA) is 32.3 Å². The monoisotopic (exact) mass is 314 g/mol. The van der Waals surface area contributed by atoms with Crippen LogP contribution in [0, 0.1) is 0 Å². The van der Waals surface area contributed by atoms with Gasteiger partial charge in [0, 0.05) is 26.1 Å². The Morgan fingerprint density at radius 3 is 2.50 bits per heavy atom. The first-order valence-electron chi connectivity index (χ1n) is 7.42. The van der Waals surface area contributed by atoms with Gasteiger partial charge in [0.05, 0.1) is 5.56 Å². The summed E-state index contributed by atoms with van der Waals surface area (Å²) in [5.41, 5.74) is 0.0863. The van der Waals surface area contributed by atoms with Gasteiger partial charge in [-0.3, -0.25) is 4.79 Å². The van der Waals surface area contributed by atoms with Crippen LogP contribution in [-0.4, -0.2) is 37.0 Å². The first-order chi connectivity index (χ1) is 10.3. The standard InChI is InChI=1S/C16H21F3N2O/c1-11(9-15(22)21(2)14-7-8-20-10-14)12-3-5-13(6-4-12)16(17,18)19/h3-6,11,14,20H,7-10H2,1-2H3. The summed E-state index contributed by atoms with van der Waals surface area (Å²) in [4.78, 5) is 14.0. The number of carbonyl (C=O) groups is 1. The van der Waals surface area contributed by atoms with E-state index in [0.717, 1.165) is 37.2 Å². The van der Waals surface area contributed by atoms with Crippen LogP contribution in [0.3, 0.4) is 0 Å². The lowest BCUT2D eigenvalue weighted by atomic mass is 9.96. The van der Waals surface area contributed by atoms with Gasteiger partial charge in [0.1, 0.15) is 0 Å². The van der Waals surface area contributed by atoms with Crippen molar-refractivity contribution in [2.75, 3.05) is 20.1 Å². The van der Waals surface area contributed by atoms with Crippen LogP contribution < -0.4 is 5.32 Å². The normalized spacial score (nSPS) is 20.0. The molecule has 0 aliphatic carbocycles. The summed E-state index contributed by atoms with van der Waals surface area (Å²) in [5.74, 6) is -0.0762. The number of halogens is 3. The molecule has 1 saturated heterocycles. The molecule has 122 valence electrons. The van der Waals surface area contributed by atoms with E-state index in [1.165, 1.54) is 12.1 Å². The average Bonchev–Trinajstić information content (AvgIpc) is 2.99. The van der Waals surface area contributed by atoms with E-state index < -0.39 is 11.7 Å². The third kappa shape index (κ3) is 4.00. The van der Waals surface area contributed by atoms with Gasteiger partial charge in [-0.15, -0.1) is 0 Å². The fourth-order valence-corrected chi connectivity index (χ4v) is 2.70. The van der Waals surface area contributed by atoms with Crippen LogP contribution in [0.4, 0.5) is 13.2 Å². The minimum atomic E-state index is -4.33. The fraction of sp³-hybridized carbons (Fsp3) is 0.562. The molecule has 0 radical (unpaired) electrons. The van der Waals surface area contributed by atoms with Gasteiger partial charge < -0.3 is 10.2 Å². The maximum absolute atomic E-state index is 12.5. The second kappa shape index (κ2) is 6.69. The van der Waals surface area contributed by atoms with Crippen molar-refractivity contribution in [1.29, 1.82) is 0 Å². The number of hydrogen-bond donors (Lipinski definition) is 1. The molecule has 1 aromatic carbocycles. The van der Waals surface area contributed by atoms with Crippen molar-refractivity contribution in [3.05, 3.63) is 35.4 Å². The molecule has 2 atom stereocenters. The van der Waals surface area contributed by atoms with E-state index >= 15 is 0 Å². The Hall–Kier alpha value is -1.56. The number of benzene rings is 1. The van der Waals surface area contributed by atoms with E-state index in [4.69, 9.17) is 0 Å². The molecule has 2 rings (SSSR count). The summed E-state index contributed by atoms with van der Waals surface area (Å²) >= 11 is 0. The van der Waals surface area contributed by atoms with Crippen LogP contribution in [0.2, 0.25) is 0 Å². The second-order valence-electron chi connectivity index (χ2n) is 5.88. The summed E-state index contributed by atoms with van der Waals surface area (Å²) < 4.78 is 37.6. The smallest absolute Gasteiger partial charge is 0.341 e. The summed E-state index contributed by atoms with van der Waals surface area (Å²) in [6.45, 7) is 3.58. The zero-order chi connectivity index (χ0) is 16.3. The fourth-order valence-electron chi connectivity index (χ4n) is 2.70. The van der Waals surface area contributed by atoms with E-state index in [9.17, 15) is 18.0 Å². The van der Waals surface area contributed by atoms with E-state index in [-0.39, 0.29) is 17.9 Å². The molecule has 1 aliphatic heterocycles. The summed E-state index contributed by atoms with van der Waals surface area (Å²) in [7, 11) is 1.79. The van der Waals surface area contributed by atoms with E-state index in [0.29, 0.717) is 6.42 Å². The Bertz CT molecular complexity index is 507. The first kappa shape index (κ1) is 16.8. The van der Waals surface area contributed by atoms with Gasteiger partial charge in [-0.05, 0) is 36.6 Å². The second-order valence-corrected chi connectivity index (χ2v) is 5.88. The Balaban J connectivity index is 1.96. The lowest BCUT2D eigenvalue weighted by Crippen LogP contribution is -2.38. The van der Waals surface area contributed by atoms with E-state index in [1.54, 1.807) is 11.9 Å². The molecule has 1 heterocycles. The number of hydrogen-bond acceptors (Lipinski definition) is 2. The number of rotatable bonds is 4. The number of carbonyl (C=O) groups excluding carboxylic acids is 1. The number of nitrogens with one attached hydrogen (secondary N) is 1. The van der Waals surface area contributed by atoms with Crippen molar-refractivity contribution in [2.45, 2.75) is 37.9 Å². The zero-order valence-corrected chi connectivity index (χ0v) is 12.8. The van der Waals surface area contributed by atoms with Gasteiger partial charge in [-0.2, -0.15) is 13.2 Å². The van der Waals surface area contributed by atoms with Crippen molar-refractivity contribution in [3.8, 4) is 0 Å². The van der Waals surface area contributed by atoms with Gasteiger partial charge in [0.2, 0.25) is 5.91 Å². The van der Waals surface area contributed by atoms with Crippen LogP contribution in [0.15, 0.2) is 24.3 Å². The molecule has 1 fully saturated rings. The molecule has 1 aliphatic rings. The Labute approximate surface area is 128 Å². The minimum absolute atomic E-state index is 0.0288. The zero-order valence-electron chi connectivity index (χ0n) is 12.8. The number of alkyl halides is 3. The largest absolute Gasteiger partial charge is 0.416 e. The lowest BCUT2D eigenvalue weighted by Gasteiger charge is -2.25. The average molecular weight is 314 g/mol. The number of amides is 1. The highest BCUT2D eigenvalue weighted by Gasteiger charge is 2.30. The number of likely N-dealkylation sites (N-methyl/N-ethyl adjacent to an activating group) is 1. The molecule has 6 heteroatoms. The van der Waals surface area contributed by atoms with Crippen molar-refractivity contribution in [3.63, 3.8) is 0 Å². The van der Waals surface area contributed by atoms with E-state index in [2.05, 4.69) is 5.32 Å². The van der Waals surface area contributed by atoms with Crippen LogP contribution in [0.25, 0.3) is 0 Å². The predicted octanol–water partition coefficient (Wildman–Crippen LogP) is 3.02. The SMILES string of the molecule is CC(CC(=O)N(C)C1CCNC1)c1ccc(C(F)(F)F)cc1. The molecule has 1 aromatic rings. The van der Waals surface area contributed by atoms with Crippen molar-refractivity contribution >= 4 is 5.91 Å². The Morgan fingerprint density at radius 1 is 1.36 bits per heavy atom. The Morgan fingerprint density at radius 2 is 2.00 bits per heavy atom. The molecular weight excluding hydrogens is 293 g/mol. The number of nitrogens with zero attached hydrogens (tertiary/aromatic N) is 1. The van der Waals surface area contributed by atoms with Crippen LogP contribution in [0.1, 0.15) is 36.8 Å². The quantitative estimate of drug-likeness (QED) is 0.926. The minimum Gasteiger partial charge on any atom is -0.341 e. The van der Waals surface area contributed by atoms with Crippen molar-refractivity contribution < 1.29 is 18.0 Å². The van der Waals surface area contributed by atoms with Crippen molar-refractivity contribution in [2.24, 2.45) is 0 Å². The highest BCUT2D eigenvalue weighted by molar-refractivity contribution is 5.77. The van der Waals surface area contributed by atoms with Crippen molar-refractivity contribution in [1.82, 2.24) is 10.2 Å². The highest BCUT2D eigenvalue weighted by Crippen LogP contribution is 2.30. The van der Waals surface area contributed by atoms with Gasteiger partial charge in [0.15, 0.2) is 0 Å². The summed E-state index contributed by atoms with van der Waals surface area (Å²) in [5, 5.41) is 3.21. The maximum Gasteiger partial charge on any atom is 0.416 e. The van der Waals surface area contributed by atoms with Gasteiger partial charge in [0.25, 0.3) is 0 Å². The third-order valence-electron chi connectivity index (χ3n) is 4.26. The molecule has 0 saturated carbocycles. The lowest BCUT2D eigenvalue weighted by molar-refractivity contribution is -0.137. The highest BCUT2D eigenvalue weighted by atomic mass is 19.4. The molecule has 1 N–H and O–H groups in total. The molecular formula is C16H21F3N2O. The summed E-state index contributed by atoms with van der Waals surface area (Å²) in [6.07, 6.45) is -3.08. The third-order valence-corrected chi connectivity index (χ3v) is 4.26. The predicted molar refractivity (Wildman–Crippen MR) is 78.5 cm³/mol. The molecule has 3 nitrogen and oxygen atoms in total. The molecule has 22 heavy (non-hydrogen) atoms. The van der Waals surface area contributed by atoms with Crippen LogP contribution in [-0.2, 0) is 11.0 Å². The Kier molecular flexibility index (Phi) is 5.11. The maximum atomic E-state index is 12.5. The first-order valence-corrected chi connectivity index (χ1v) is 7.42.